The number of benzene rings is 2. The Bertz CT molecular complexity index is 719. The summed E-state index contributed by atoms with van der Waals surface area (Å²) in [5.74, 6) is 0.577. The number of nitriles is 2. The Morgan fingerprint density at radius 1 is 0.850 bits per heavy atom. The molecular formula is C17H12N2O. The minimum absolute atomic E-state index is 0.316. The number of hydrogen-bond acceptors (Lipinski definition) is 3. The number of rotatable bonds is 3. The lowest BCUT2D eigenvalue weighted by Gasteiger charge is -2.09. The molecule has 0 spiro atoms. The van der Waals surface area contributed by atoms with Crippen molar-refractivity contribution in [2.75, 3.05) is 7.11 Å². The van der Waals surface area contributed by atoms with E-state index in [0.717, 1.165) is 5.56 Å². The lowest BCUT2D eigenvalue weighted by molar-refractivity contribution is 0.413. The Hall–Kier alpha value is -3.04. The highest BCUT2D eigenvalue weighted by Crippen LogP contribution is 2.31. The highest BCUT2D eigenvalue weighted by molar-refractivity contribution is 6.03. The third-order valence-corrected chi connectivity index (χ3v) is 2.91. The van der Waals surface area contributed by atoms with E-state index in [1.807, 2.05) is 42.5 Å². The van der Waals surface area contributed by atoms with Crippen LogP contribution in [0.15, 0.2) is 54.6 Å². The third-order valence-electron chi connectivity index (χ3n) is 2.91. The van der Waals surface area contributed by atoms with Gasteiger partial charge in [-0.25, -0.2) is 0 Å². The maximum absolute atomic E-state index is 9.45. The van der Waals surface area contributed by atoms with Crippen molar-refractivity contribution >= 4 is 11.1 Å². The minimum atomic E-state index is 0.316. The van der Waals surface area contributed by atoms with Crippen molar-refractivity contribution < 1.29 is 4.74 Å². The van der Waals surface area contributed by atoms with Crippen LogP contribution in [0.3, 0.4) is 0 Å². The van der Waals surface area contributed by atoms with Crippen LogP contribution in [0.5, 0.6) is 5.75 Å². The average Bonchev–Trinajstić information content (AvgIpc) is 2.53. The Morgan fingerprint density at radius 2 is 1.45 bits per heavy atom. The van der Waals surface area contributed by atoms with E-state index in [1.165, 1.54) is 0 Å². The molecule has 2 rings (SSSR count). The van der Waals surface area contributed by atoms with Crippen LogP contribution >= 0.6 is 0 Å². The topological polar surface area (TPSA) is 56.8 Å². The molecular weight excluding hydrogens is 248 g/mol. The Labute approximate surface area is 118 Å². The van der Waals surface area contributed by atoms with E-state index < -0.39 is 0 Å². The molecule has 0 atom stereocenters. The first kappa shape index (κ1) is 13.4. The van der Waals surface area contributed by atoms with Gasteiger partial charge in [-0.3, -0.25) is 0 Å². The molecule has 2 aromatic rings. The van der Waals surface area contributed by atoms with Gasteiger partial charge in [0.25, 0.3) is 0 Å². The van der Waals surface area contributed by atoms with Crippen molar-refractivity contribution in [1.82, 2.24) is 0 Å². The average molecular weight is 260 g/mol. The fraction of sp³-hybridized carbons (Fsp3) is 0.0588. The van der Waals surface area contributed by atoms with Gasteiger partial charge in [-0.2, -0.15) is 10.5 Å². The van der Waals surface area contributed by atoms with E-state index in [0.29, 0.717) is 22.5 Å². The molecule has 0 fully saturated rings. The van der Waals surface area contributed by atoms with Crippen LogP contribution in [0.25, 0.3) is 11.1 Å². The SMILES string of the molecule is COc1ccccc1/C(C#N)=C(/C#N)c1ccccc1. The monoisotopic (exact) mass is 260 g/mol. The Balaban J connectivity index is 2.70. The molecule has 0 saturated carbocycles. The number of allylic oxidation sites excluding steroid dienone is 2. The van der Waals surface area contributed by atoms with Gasteiger partial charge in [0, 0.05) is 5.56 Å². The lowest BCUT2D eigenvalue weighted by Crippen LogP contribution is -1.93. The Morgan fingerprint density at radius 3 is 2.05 bits per heavy atom. The van der Waals surface area contributed by atoms with Gasteiger partial charge in [0.05, 0.1) is 18.3 Å². The fourth-order valence-electron chi connectivity index (χ4n) is 1.97. The molecule has 0 unspecified atom stereocenters. The first-order valence-corrected chi connectivity index (χ1v) is 6.05. The van der Waals surface area contributed by atoms with Gasteiger partial charge in [0.1, 0.15) is 17.9 Å². The summed E-state index contributed by atoms with van der Waals surface area (Å²) in [4.78, 5) is 0. The molecule has 3 nitrogen and oxygen atoms in total. The molecule has 0 aliphatic rings. The van der Waals surface area contributed by atoms with Crippen molar-refractivity contribution in [3.8, 4) is 17.9 Å². The zero-order valence-electron chi connectivity index (χ0n) is 11.0. The van der Waals surface area contributed by atoms with Crippen LogP contribution < -0.4 is 4.74 Å². The largest absolute Gasteiger partial charge is 0.496 e. The van der Waals surface area contributed by atoms with Crippen LogP contribution in [0.2, 0.25) is 0 Å². The summed E-state index contributed by atoms with van der Waals surface area (Å²) in [6.45, 7) is 0. The van der Waals surface area contributed by atoms with Crippen LogP contribution in [0.1, 0.15) is 11.1 Å². The van der Waals surface area contributed by atoms with Crippen LogP contribution in [0, 0.1) is 22.7 Å². The number of methoxy groups -OCH3 is 1. The van der Waals surface area contributed by atoms with Crippen molar-refractivity contribution in [3.05, 3.63) is 65.7 Å². The Kier molecular flexibility index (Phi) is 4.17. The minimum Gasteiger partial charge on any atom is -0.496 e. The summed E-state index contributed by atoms with van der Waals surface area (Å²) in [5.41, 5.74) is 2.00. The number of para-hydroxylation sites is 1. The summed E-state index contributed by atoms with van der Waals surface area (Å²) < 4.78 is 5.26. The highest BCUT2D eigenvalue weighted by atomic mass is 16.5. The van der Waals surface area contributed by atoms with Gasteiger partial charge in [-0.15, -0.1) is 0 Å². The van der Waals surface area contributed by atoms with Crippen molar-refractivity contribution in [1.29, 1.82) is 10.5 Å². The van der Waals surface area contributed by atoms with E-state index in [4.69, 9.17) is 4.74 Å². The molecule has 3 heteroatoms. The third kappa shape index (κ3) is 2.53. The smallest absolute Gasteiger partial charge is 0.127 e. The van der Waals surface area contributed by atoms with Crippen LogP contribution in [-0.4, -0.2) is 7.11 Å². The molecule has 0 bridgehead atoms. The predicted octanol–water partition coefficient (Wildman–Crippen LogP) is 3.65. The molecule has 0 heterocycles. The zero-order valence-corrected chi connectivity index (χ0v) is 11.0. The van der Waals surface area contributed by atoms with Gasteiger partial charge in [0.2, 0.25) is 0 Å². The predicted molar refractivity (Wildman–Crippen MR) is 77.5 cm³/mol. The lowest BCUT2D eigenvalue weighted by atomic mass is 9.96. The molecule has 0 radical (unpaired) electrons. The molecule has 0 N–H and O–H groups in total. The standard InChI is InChI=1S/C17H12N2O/c1-20-17-10-6-5-9-14(17)16(12-19)15(11-18)13-7-3-2-4-8-13/h2-10H,1H3/b16-15-. The molecule has 0 aromatic heterocycles. The van der Waals surface area contributed by atoms with Gasteiger partial charge in [-0.05, 0) is 17.7 Å². The molecule has 0 aliphatic heterocycles. The summed E-state index contributed by atoms with van der Waals surface area (Å²) >= 11 is 0. The molecule has 0 saturated heterocycles. The van der Waals surface area contributed by atoms with Gasteiger partial charge >= 0.3 is 0 Å². The van der Waals surface area contributed by atoms with Crippen molar-refractivity contribution in [3.63, 3.8) is 0 Å². The normalized spacial score (nSPS) is 10.9. The van der Waals surface area contributed by atoms with Gasteiger partial charge < -0.3 is 4.74 Å². The van der Waals surface area contributed by atoms with Crippen LogP contribution in [-0.2, 0) is 0 Å². The summed E-state index contributed by atoms with van der Waals surface area (Å²) in [6.07, 6.45) is 0. The second-order valence-electron chi connectivity index (χ2n) is 4.04. The molecule has 20 heavy (non-hydrogen) atoms. The van der Waals surface area contributed by atoms with Gasteiger partial charge in [0.15, 0.2) is 0 Å². The van der Waals surface area contributed by atoms with E-state index >= 15 is 0 Å². The molecule has 2 aromatic carbocycles. The zero-order chi connectivity index (χ0) is 14.4. The fourth-order valence-corrected chi connectivity index (χ4v) is 1.97. The van der Waals surface area contributed by atoms with E-state index in [2.05, 4.69) is 12.1 Å². The first-order chi connectivity index (χ1) is 9.81. The van der Waals surface area contributed by atoms with Crippen molar-refractivity contribution in [2.45, 2.75) is 0 Å². The van der Waals surface area contributed by atoms with Crippen molar-refractivity contribution in [2.24, 2.45) is 0 Å². The first-order valence-electron chi connectivity index (χ1n) is 6.05. The second-order valence-corrected chi connectivity index (χ2v) is 4.04. The summed E-state index contributed by atoms with van der Waals surface area (Å²) in [5, 5.41) is 18.9. The maximum atomic E-state index is 9.45. The number of nitrogens with zero attached hydrogens (tertiary/aromatic N) is 2. The van der Waals surface area contributed by atoms with E-state index in [1.54, 1.807) is 19.2 Å². The van der Waals surface area contributed by atoms with E-state index in [9.17, 15) is 10.5 Å². The molecule has 96 valence electrons. The van der Waals surface area contributed by atoms with E-state index in [-0.39, 0.29) is 0 Å². The quantitative estimate of drug-likeness (QED) is 0.625. The molecule has 0 amide bonds. The maximum Gasteiger partial charge on any atom is 0.127 e. The second kappa shape index (κ2) is 6.22. The number of hydrogen-bond donors (Lipinski definition) is 0. The summed E-state index contributed by atoms with van der Waals surface area (Å²) in [6, 6.07) is 20.6. The molecule has 0 aliphatic carbocycles. The van der Waals surface area contributed by atoms with Gasteiger partial charge in [-0.1, -0.05) is 42.5 Å². The summed E-state index contributed by atoms with van der Waals surface area (Å²) in [7, 11) is 1.54. The van der Waals surface area contributed by atoms with Crippen LogP contribution in [0.4, 0.5) is 0 Å². The highest BCUT2D eigenvalue weighted by Gasteiger charge is 2.14. The number of ether oxygens (including phenoxy) is 1.